The van der Waals surface area contributed by atoms with E-state index in [1.165, 1.54) is 0 Å². The Morgan fingerprint density at radius 1 is 1.07 bits per heavy atom. The lowest BCUT2D eigenvalue weighted by atomic mass is 9.91. The number of hydrogen-bond donors (Lipinski definition) is 2. The largest absolute Gasteiger partial charge is 0.456 e. The minimum Gasteiger partial charge on any atom is -0.456 e. The van der Waals surface area contributed by atoms with E-state index in [0.717, 1.165) is 38.8 Å². The molecule has 2 heterocycles. The van der Waals surface area contributed by atoms with Gasteiger partial charge in [-0.1, -0.05) is 12.1 Å². The van der Waals surface area contributed by atoms with Crippen molar-refractivity contribution in [2.45, 2.75) is 37.9 Å². The quantitative estimate of drug-likeness (QED) is 0.809. The third kappa shape index (κ3) is 4.76. The molecule has 1 amide bonds. The first kappa shape index (κ1) is 19.4. The minimum atomic E-state index is -0.381. The van der Waals surface area contributed by atoms with Gasteiger partial charge in [0.1, 0.15) is 23.7 Å². The average molecular weight is 391 g/mol. The number of rotatable bonds is 5. The van der Waals surface area contributed by atoms with Crippen molar-refractivity contribution in [3.05, 3.63) is 54.1 Å². The van der Waals surface area contributed by atoms with Gasteiger partial charge in [0, 0.05) is 5.69 Å². The molecule has 0 aromatic heterocycles. The van der Waals surface area contributed by atoms with E-state index >= 15 is 0 Å². The number of nitriles is 1. The number of para-hydroxylation sites is 1. The Labute approximate surface area is 170 Å². The molecule has 2 aliphatic rings. The van der Waals surface area contributed by atoms with E-state index in [9.17, 15) is 4.79 Å². The van der Waals surface area contributed by atoms with Gasteiger partial charge in [-0.3, -0.25) is 4.79 Å². The maximum absolute atomic E-state index is 12.6. The molecular formula is C23H25N3O3. The molecule has 150 valence electrons. The van der Waals surface area contributed by atoms with E-state index in [0.29, 0.717) is 28.7 Å². The summed E-state index contributed by atoms with van der Waals surface area (Å²) in [4.78, 5) is 12.6. The third-order valence-electron chi connectivity index (χ3n) is 5.61. The van der Waals surface area contributed by atoms with Gasteiger partial charge in [-0.25, -0.2) is 0 Å². The van der Waals surface area contributed by atoms with Gasteiger partial charge < -0.3 is 20.1 Å². The van der Waals surface area contributed by atoms with Crippen molar-refractivity contribution < 1.29 is 14.3 Å². The lowest BCUT2D eigenvalue weighted by Crippen LogP contribution is -2.35. The molecule has 2 fully saturated rings. The van der Waals surface area contributed by atoms with Crippen LogP contribution in [0.2, 0.25) is 0 Å². The number of hydrogen-bond acceptors (Lipinski definition) is 5. The van der Waals surface area contributed by atoms with Crippen molar-refractivity contribution in [3.8, 4) is 17.6 Å². The maximum atomic E-state index is 12.6. The van der Waals surface area contributed by atoms with Crippen LogP contribution in [-0.2, 0) is 9.53 Å². The molecule has 0 bridgehead atoms. The molecule has 2 atom stereocenters. The lowest BCUT2D eigenvalue weighted by Gasteiger charge is -2.27. The van der Waals surface area contributed by atoms with E-state index in [1.807, 2.05) is 6.07 Å². The number of nitrogens with zero attached hydrogens (tertiary/aromatic N) is 1. The summed E-state index contributed by atoms with van der Waals surface area (Å²) in [5, 5.41) is 15.5. The van der Waals surface area contributed by atoms with Crippen LogP contribution < -0.4 is 15.4 Å². The molecule has 0 spiro atoms. The summed E-state index contributed by atoms with van der Waals surface area (Å²) in [6.07, 6.45) is 3.78. The molecule has 0 aliphatic carbocycles. The van der Waals surface area contributed by atoms with E-state index in [1.54, 1.807) is 42.5 Å². The smallest absolute Gasteiger partial charge is 0.253 e. The summed E-state index contributed by atoms with van der Waals surface area (Å²) in [7, 11) is 0. The Morgan fingerprint density at radius 2 is 1.83 bits per heavy atom. The molecule has 2 aromatic carbocycles. The zero-order chi connectivity index (χ0) is 20.1. The Bertz CT molecular complexity index is 885. The van der Waals surface area contributed by atoms with Crippen LogP contribution in [0.15, 0.2) is 48.5 Å². The van der Waals surface area contributed by atoms with Crippen LogP contribution >= 0.6 is 0 Å². The van der Waals surface area contributed by atoms with Gasteiger partial charge in [0.25, 0.3) is 5.91 Å². The molecule has 2 unspecified atom stereocenters. The summed E-state index contributed by atoms with van der Waals surface area (Å²) in [5.41, 5.74) is 1.18. The number of piperidine rings is 1. The van der Waals surface area contributed by atoms with Crippen LogP contribution in [0.3, 0.4) is 0 Å². The first-order valence-corrected chi connectivity index (χ1v) is 10.2. The van der Waals surface area contributed by atoms with Crippen molar-refractivity contribution >= 4 is 11.6 Å². The minimum absolute atomic E-state index is 0.0927. The van der Waals surface area contributed by atoms with Crippen molar-refractivity contribution in [1.29, 1.82) is 5.26 Å². The molecule has 2 aromatic rings. The number of amides is 1. The van der Waals surface area contributed by atoms with Crippen molar-refractivity contribution in [2.75, 3.05) is 18.4 Å². The van der Waals surface area contributed by atoms with Crippen molar-refractivity contribution in [3.63, 3.8) is 0 Å². The number of benzene rings is 2. The van der Waals surface area contributed by atoms with E-state index < -0.39 is 0 Å². The molecule has 2 saturated heterocycles. The van der Waals surface area contributed by atoms with Crippen LogP contribution in [0.1, 0.15) is 31.2 Å². The normalized spacial score (nSPS) is 22.0. The Morgan fingerprint density at radius 3 is 2.59 bits per heavy atom. The topological polar surface area (TPSA) is 83.4 Å². The second-order valence-electron chi connectivity index (χ2n) is 7.55. The van der Waals surface area contributed by atoms with Gasteiger partial charge in [0.05, 0.1) is 11.7 Å². The molecule has 0 radical (unpaired) electrons. The van der Waals surface area contributed by atoms with Crippen LogP contribution in [0, 0.1) is 17.2 Å². The summed E-state index contributed by atoms with van der Waals surface area (Å²) in [6.45, 7) is 2.07. The predicted octanol–water partition coefficient (Wildman–Crippen LogP) is 3.84. The zero-order valence-electron chi connectivity index (χ0n) is 16.3. The highest BCUT2D eigenvalue weighted by Crippen LogP contribution is 2.31. The molecule has 0 saturated carbocycles. The number of nitrogens with one attached hydrogen (secondary N) is 2. The van der Waals surface area contributed by atoms with Gasteiger partial charge in [0.2, 0.25) is 0 Å². The fraction of sp³-hybridized carbons (Fsp3) is 0.391. The Hall–Kier alpha value is -2.88. The van der Waals surface area contributed by atoms with Gasteiger partial charge in [0.15, 0.2) is 0 Å². The second-order valence-corrected chi connectivity index (χ2v) is 7.55. The van der Waals surface area contributed by atoms with Gasteiger partial charge in [-0.2, -0.15) is 5.26 Å². The fourth-order valence-electron chi connectivity index (χ4n) is 4.02. The van der Waals surface area contributed by atoms with Gasteiger partial charge >= 0.3 is 0 Å². The highest BCUT2D eigenvalue weighted by atomic mass is 16.5. The third-order valence-corrected chi connectivity index (χ3v) is 5.61. The van der Waals surface area contributed by atoms with Crippen LogP contribution in [-0.4, -0.2) is 31.2 Å². The molecule has 6 nitrogen and oxygen atoms in total. The molecule has 2 aliphatic heterocycles. The van der Waals surface area contributed by atoms with Gasteiger partial charge in [-0.15, -0.1) is 0 Å². The second kappa shape index (κ2) is 9.08. The average Bonchev–Trinajstić information content (AvgIpc) is 3.27. The monoisotopic (exact) mass is 391 g/mol. The number of carbonyl (C=O) groups excluding carboxylic acids is 1. The lowest BCUT2D eigenvalue weighted by molar-refractivity contribution is -0.128. The van der Waals surface area contributed by atoms with E-state index in [4.69, 9.17) is 14.7 Å². The summed E-state index contributed by atoms with van der Waals surface area (Å²) in [5.74, 6) is 1.58. The highest BCUT2D eigenvalue weighted by molar-refractivity contribution is 5.94. The summed E-state index contributed by atoms with van der Waals surface area (Å²) < 4.78 is 11.8. The maximum Gasteiger partial charge on any atom is 0.253 e. The number of anilines is 1. The first-order chi connectivity index (χ1) is 14.2. The molecule has 2 N–H and O–H groups in total. The molecular weight excluding hydrogens is 366 g/mol. The van der Waals surface area contributed by atoms with Crippen molar-refractivity contribution in [2.24, 2.45) is 5.92 Å². The number of carbonyl (C=O) groups is 1. The number of ether oxygens (including phenoxy) is 2. The van der Waals surface area contributed by atoms with Crippen molar-refractivity contribution in [1.82, 2.24) is 5.32 Å². The Kier molecular flexibility index (Phi) is 6.09. The van der Waals surface area contributed by atoms with E-state index in [2.05, 4.69) is 16.7 Å². The zero-order valence-corrected chi connectivity index (χ0v) is 16.3. The fourth-order valence-corrected chi connectivity index (χ4v) is 4.02. The van der Waals surface area contributed by atoms with Crippen LogP contribution in [0.25, 0.3) is 0 Å². The Balaban J connectivity index is 1.32. The molecule has 4 rings (SSSR count). The predicted molar refractivity (Wildman–Crippen MR) is 110 cm³/mol. The first-order valence-electron chi connectivity index (χ1n) is 10.2. The van der Waals surface area contributed by atoms with Gasteiger partial charge in [-0.05, 0) is 81.1 Å². The van der Waals surface area contributed by atoms with E-state index in [-0.39, 0.29) is 18.1 Å². The molecule has 29 heavy (non-hydrogen) atoms. The van der Waals surface area contributed by atoms with Crippen LogP contribution in [0.5, 0.6) is 11.5 Å². The van der Waals surface area contributed by atoms with Crippen LogP contribution in [0.4, 0.5) is 5.69 Å². The highest BCUT2D eigenvalue weighted by Gasteiger charge is 2.35. The summed E-state index contributed by atoms with van der Waals surface area (Å²) in [6, 6.07) is 16.3. The summed E-state index contributed by atoms with van der Waals surface area (Å²) >= 11 is 0. The standard InChI is InChI=1S/C23H25N3O3/c24-15-17-3-1-2-4-20(17)28-19-7-5-18(6-8-19)26-23(27)22-10-9-21(29-22)16-11-13-25-14-12-16/h1-8,16,21-22,25H,9-14H2,(H,26,27). The SMILES string of the molecule is N#Cc1ccccc1Oc1ccc(NC(=O)C2CCC(C3CCNCC3)O2)cc1. The molecule has 6 heteroatoms.